The summed E-state index contributed by atoms with van der Waals surface area (Å²) in [5.41, 5.74) is -1.42. The zero-order chi connectivity index (χ0) is 32.7. The number of phenols is 1. The normalized spacial score (nSPS) is 27.3. The molecule has 16 heteroatoms. The van der Waals surface area contributed by atoms with Gasteiger partial charge < -0.3 is 14.7 Å². The summed E-state index contributed by atoms with van der Waals surface area (Å²) in [7, 11) is -3.66. The number of phenolic OH excluding ortho intramolecular Hbond substituents is 1. The van der Waals surface area contributed by atoms with Crippen LogP contribution < -0.4 is 19.1 Å². The lowest BCUT2D eigenvalue weighted by Gasteiger charge is -2.40. The van der Waals surface area contributed by atoms with Gasteiger partial charge in [-0.15, -0.1) is 0 Å². The molecular weight excluding hydrogens is 703 g/mol. The number of pyridine rings is 1. The number of aromatic nitrogens is 3. The number of alkyl halides is 1. The molecule has 0 bridgehead atoms. The van der Waals surface area contributed by atoms with E-state index < -0.39 is 39.1 Å². The molecule has 0 saturated carbocycles. The third-order valence-corrected chi connectivity index (χ3v) is 12.0. The summed E-state index contributed by atoms with van der Waals surface area (Å²) in [6, 6.07) is 5.39. The maximum absolute atomic E-state index is 16.8. The number of nitrogens with zero attached hydrogens (tertiary/aromatic N) is 5. The van der Waals surface area contributed by atoms with Crippen LogP contribution in [-0.4, -0.2) is 90.0 Å². The maximum Gasteiger partial charge on any atom is 0.319 e. The number of hydrogen-bond donors (Lipinski definition) is 3. The van der Waals surface area contributed by atoms with Gasteiger partial charge in [0, 0.05) is 49.7 Å². The molecule has 6 heterocycles. The topological polar surface area (TPSA) is 133 Å². The summed E-state index contributed by atoms with van der Waals surface area (Å²) in [5, 5.41) is 11.6. The highest BCUT2D eigenvalue weighted by Gasteiger charge is 2.49. The van der Waals surface area contributed by atoms with Crippen LogP contribution >= 0.6 is 15.9 Å². The molecule has 1 unspecified atom stereocenters. The Morgan fingerprint density at radius 2 is 1.98 bits per heavy atom. The van der Waals surface area contributed by atoms with Crippen molar-refractivity contribution in [2.45, 2.75) is 49.4 Å². The molecule has 3 N–H and O–H groups in total. The Bertz CT molecular complexity index is 2060. The molecule has 0 aliphatic carbocycles. The van der Waals surface area contributed by atoms with Crippen LogP contribution in [0.1, 0.15) is 32.1 Å². The van der Waals surface area contributed by atoms with Crippen LogP contribution in [0.4, 0.5) is 19.0 Å². The first-order chi connectivity index (χ1) is 22.4. The van der Waals surface area contributed by atoms with Gasteiger partial charge in [-0.2, -0.15) is 23.1 Å². The molecule has 248 valence electrons. The van der Waals surface area contributed by atoms with E-state index in [-0.39, 0.29) is 58.1 Å². The number of halogens is 4. The summed E-state index contributed by atoms with van der Waals surface area (Å²) in [6.07, 6.45) is 3.69. The Kier molecular flexibility index (Phi) is 7.33. The molecule has 4 aliphatic heterocycles. The van der Waals surface area contributed by atoms with Gasteiger partial charge in [0.05, 0.1) is 20.9 Å². The predicted octanol–water partition coefficient (Wildman–Crippen LogP) is 4.32. The number of nitrogens with one attached hydrogen (secondary N) is 2. The van der Waals surface area contributed by atoms with E-state index in [0.29, 0.717) is 48.9 Å². The summed E-state index contributed by atoms with van der Waals surface area (Å²) < 4.78 is 82.1. The van der Waals surface area contributed by atoms with Crippen molar-refractivity contribution < 1.29 is 31.4 Å². The molecule has 4 fully saturated rings. The van der Waals surface area contributed by atoms with E-state index in [2.05, 4.69) is 40.2 Å². The van der Waals surface area contributed by atoms with Crippen molar-refractivity contribution in [1.29, 1.82) is 0 Å². The second kappa shape index (κ2) is 11.1. The number of piperidine rings is 1. The van der Waals surface area contributed by atoms with Gasteiger partial charge in [0.2, 0.25) is 0 Å². The van der Waals surface area contributed by atoms with Crippen LogP contribution in [0.5, 0.6) is 11.8 Å². The Labute approximate surface area is 276 Å². The van der Waals surface area contributed by atoms with Crippen molar-refractivity contribution in [3.63, 3.8) is 0 Å². The van der Waals surface area contributed by atoms with Crippen LogP contribution in [0.15, 0.2) is 34.9 Å². The SMILES string of the molecule is O=S1(=O)NCC2(CCCN(c3nc(OC[C@@]45CCCN4C[C@H](F)C5)nc4c(F)c(-c5cc(O)cc6ccc(F)c(Br)c56)ncc34)C2)N1. The molecule has 1 spiro atoms. The molecule has 2 aromatic heterocycles. The van der Waals surface area contributed by atoms with Gasteiger partial charge >= 0.3 is 6.01 Å². The van der Waals surface area contributed by atoms with Crippen molar-refractivity contribution >= 4 is 53.6 Å². The van der Waals surface area contributed by atoms with Crippen LogP contribution in [0.25, 0.3) is 32.9 Å². The highest BCUT2D eigenvalue weighted by Crippen LogP contribution is 2.43. The second-order valence-corrected chi connectivity index (χ2v) is 15.4. The van der Waals surface area contributed by atoms with Gasteiger partial charge in [-0.25, -0.2) is 17.9 Å². The molecule has 4 saturated heterocycles. The molecule has 8 rings (SSSR count). The minimum Gasteiger partial charge on any atom is -0.508 e. The van der Waals surface area contributed by atoms with Gasteiger partial charge in [-0.3, -0.25) is 9.88 Å². The smallest absolute Gasteiger partial charge is 0.319 e. The molecule has 3 atom stereocenters. The number of anilines is 1. The number of rotatable bonds is 5. The lowest BCUT2D eigenvalue weighted by molar-refractivity contribution is 0.107. The lowest BCUT2D eigenvalue weighted by atomic mass is 9.90. The number of fused-ring (bicyclic) bond motifs is 3. The average Bonchev–Trinajstić information content (AvgIpc) is 3.66. The number of ether oxygens (including phenoxy) is 1. The third kappa shape index (κ3) is 5.28. The third-order valence-electron chi connectivity index (χ3n) is 9.95. The van der Waals surface area contributed by atoms with Crippen molar-refractivity contribution in [1.82, 2.24) is 29.3 Å². The van der Waals surface area contributed by atoms with Gasteiger partial charge in [0.15, 0.2) is 5.82 Å². The van der Waals surface area contributed by atoms with Crippen molar-refractivity contribution in [3.05, 3.63) is 46.6 Å². The first kappa shape index (κ1) is 31.0. The largest absolute Gasteiger partial charge is 0.508 e. The summed E-state index contributed by atoms with van der Waals surface area (Å²) in [5.74, 6) is -1.24. The molecule has 2 aromatic carbocycles. The van der Waals surface area contributed by atoms with E-state index in [0.717, 1.165) is 19.4 Å². The van der Waals surface area contributed by atoms with Crippen molar-refractivity contribution in [2.24, 2.45) is 0 Å². The highest BCUT2D eigenvalue weighted by molar-refractivity contribution is 9.10. The van der Waals surface area contributed by atoms with Crippen molar-refractivity contribution in [3.8, 4) is 23.0 Å². The average molecular weight is 735 g/mol. The number of benzene rings is 2. The molecule has 47 heavy (non-hydrogen) atoms. The quantitative estimate of drug-likeness (QED) is 0.274. The molecule has 0 amide bonds. The number of aromatic hydroxyl groups is 1. The Hall–Kier alpha value is -3.31. The summed E-state index contributed by atoms with van der Waals surface area (Å²) in [4.78, 5) is 17.6. The van der Waals surface area contributed by atoms with E-state index in [1.165, 1.54) is 30.5 Å². The fraction of sp³-hybridized carbons (Fsp3) is 0.452. The van der Waals surface area contributed by atoms with E-state index in [1.807, 2.05) is 4.90 Å². The summed E-state index contributed by atoms with van der Waals surface area (Å²) >= 11 is 3.28. The van der Waals surface area contributed by atoms with Crippen LogP contribution in [0.2, 0.25) is 0 Å². The van der Waals surface area contributed by atoms with Crippen LogP contribution in [0.3, 0.4) is 0 Å². The van der Waals surface area contributed by atoms with E-state index in [9.17, 15) is 22.3 Å². The standard InChI is InChI=1S/C31H31BrF3N7O4S/c32-24-22(34)4-3-17-9-19(43)10-20(23(17)24)26-25(35)27-21(12-36-26)28(41-7-1-5-30(15-41)14-37-47(44,45)40-30)39-29(38-27)46-16-31-6-2-8-42(31)13-18(33)11-31/h3-4,9-10,12,18,37,40,43H,1-2,5-8,11,13-16H2/t18-,30?,31+/m1/s1. The molecule has 0 radical (unpaired) electrons. The van der Waals surface area contributed by atoms with Gasteiger partial charge in [0.25, 0.3) is 10.2 Å². The van der Waals surface area contributed by atoms with E-state index in [1.54, 1.807) is 0 Å². The second-order valence-electron chi connectivity index (χ2n) is 13.1. The van der Waals surface area contributed by atoms with Gasteiger partial charge in [-0.05, 0) is 71.7 Å². The highest BCUT2D eigenvalue weighted by atomic mass is 79.9. The lowest BCUT2D eigenvalue weighted by Crippen LogP contribution is -2.56. The minimum atomic E-state index is -3.66. The van der Waals surface area contributed by atoms with Gasteiger partial charge in [-0.1, -0.05) is 6.07 Å². The monoisotopic (exact) mass is 733 g/mol. The fourth-order valence-corrected chi connectivity index (χ4v) is 9.78. The summed E-state index contributed by atoms with van der Waals surface area (Å²) in [6.45, 7) is 2.17. The van der Waals surface area contributed by atoms with E-state index in [4.69, 9.17) is 9.72 Å². The Morgan fingerprint density at radius 1 is 1.15 bits per heavy atom. The molecular formula is C31H31BrF3N7O4S. The maximum atomic E-state index is 16.8. The number of hydrogen-bond acceptors (Lipinski definition) is 9. The van der Waals surface area contributed by atoms with Crippen LogP contribution in [-0.2, 0) is 10.2 Å². The van der Waals surface area contributed by atoms with Crippen molar-refractivity contribution in [2.75, 3.05) is 44.2 Å². The zero-order valence-electron chi connectivity index (χ0n) is 25.1. The molecule has 4 aliphatic rings. The Morgan fingerprint density at radius 3 is 2.79 bits per heavy atom. The zero-order valence-corrected chi connectivity index (χ0v) is 27.5. The van der Waals surface area contributed by atoms with E-state index >= 15 is 4.39 Å². The Balaban J connectivity index is 1.26. The first-order valence-corrected chi connectivity index (χ1v) is 17.8. The van der Waals surface area contributed by atoms with Crippen LogP contribution in [0, 0.1) is 11.6 Å². The first-order valence-electron chi connectivity index (χ1n) is 15.5. The predicted molar refractivity (Wildman–Crippen MR) is 172 cm³/mol. The molecule has 11 nitrogen and oxygen atoms in total. The molecule has 4 aromatic rings. The minimum absolute atomic E-state index is 0.0908. The fourth-order valence-electron chi connectivity index (χ4n) is 7.86. The van der Waals surface area contributed by atoms with Gasteiger partial charge in [0.1, 0.15) is 41.4 Å².